The van der Waals surface area contributed by atoms with Crippen LogP contribution in [0.4, 0.5) is 8.78 Å². The van der Waals surface area contributed by atoms with Crippen LogP contribution in [0.5, 0.6) is 0 Å². The first-order valence-corrected chi connectivity index (χ1v) is 7.24. The van der Waals surface area contributed by atoms with E-state index in [1.165, 1.54) is 0 Å². The summed E-state index contributed by atoms with van der Waals surface area (Å²) in [5, 5.41) is 0. The summed E-state index contributed by atoms with van der Waals surface area (Å²) in [4.78, 5) is -0.631. The lowest BCUT2D eigenvalue weighted by atomic mass is 10.1. The second-order valence-corrected chi connectivity index (χ2v) is 7.07. The number of hydrogen-bond donors (Lipinski definition) is 2. The van der Waals surface area contributed by atoms with E-state index < -0.39 is 32.1 Å². The zero-order chi connectivity index (χ0) is 14.1. The number of rotatable bonds is 4. The lowest BCUT2D eigenvalue weighted by molar-refractivity contribution is 0.493. The van der Waals surface area contributed by atoms with Crippen molar-refractivity contribution >= 4 is 26.0 Å². The molecule has 0 saturated heterocycles. The lowest BCUT2D eigenvalue weighted by Crippen LogP contribution is -2.45. The Morgan fingerprint density at radius 1 is 1.39 bits per heavy atom. The van der Waals surface area contributed by atoms with Crippen molar-refractivity contribution in [1.82, 2.24) is 4.72 Å². The topological polar surface area (TPSA) is 72.2 Å². The molecule has 0 heterocycles. The average molecular weight is 343 g/mol. The first kappa shape index (κ1) is 15.5. The number of nitrogens with one attached hydrogen (secondary N) is 1. The van der Waals surface area contributed by atoms with Crippen LogP contribution in [0.1, 0.15) is 13.8 Å². The molecule has 1 rings (SSSR count). The Hall–Kier alpha value is -0.570. The highest BCUT2D eigenvalue weighted by molar-refractivity contribution is 9.10. The molecular weight excluding hydrogens is 330 g/mol. The Kier molecular flexibility index (Phi) is 4.47. The Bertz CT molecular complexity index is 532. The van der Waals surface area contributed by atoms with E-state index in [-0.39, 0.29) is 11.0 Å². The van der Waals surface area contributed by atoms with Crippen LogP contribution < -0.4 is 10.5 Å². The second-order valence-electron chi connectivity index (χ2n) is 4.51. The Morgan fingerprint density at radius 3 is 2.39 bits per heavy atom. The van der Waals surface area contributed by atoms with E-state index in [0.29, 0.717) is 6.07 Å². The number of halogens is 3. The van der Waals surface area contributed by atoms with Crippen molar-refractivity contribution in [3.8, 4) is 0 Å². The van der Waals surface area contributed by atoms with Gasteiger partial charge >= 0.3 is 0 Å². The van der Waals surface area contributed by atoms with Gasteiger partial charge in [0.2, 0.25) is 10.0 Å². The van der Waals surface area contributed by atoms with Gasteiger partial charge in [-0.05, 0) is 35.8 Å². The largest absolute Gasteiger partial charge is 0.324 e. The van der Waals surface area contributed by atoms with E-state index in [0.717, 1.165) is 6.07 Å². The minimum absolute atomic E-state index is 0.0708. The average Bonchev–Trinajstić information content (AvgIpc) is 2.11. The molecule has 1 aromatic rings. The third-order valence-corrected chi connectivity index (χ3v) is 4.31. The van der Waals surface area contributed by atoms with E-state index in [2.05, 4.69) is 20.7 Å². The first-order valence-electron chi connectivity index (χ1n) is 4.96. The molecule has 3 N–H and O–H groups in total. The third kappa shape index (κ3) is 3.98. The van der Waals surface area contributed by atoms with E-state index in [4.69, 9.17) is 5.73 Å². The van der Waals surface area contributed by atoms with Crippen LogP contribution in [0.2, 0.25) is 0 Å². The van der Waals surface area contributed by atoms with Gasteiger partial charge in [0.1, 0.15) is 16.5 Å². The van der Waals surface area contributed by atoms with Crippen LogP contribution >= 0.6 is 15.9 Å². The molecule has 0 fully saturated rings. The summed E-state index contributed by atoms with van der Waals surface area (Å²) in [6, 6.07) is 1.39. The molecule has 0 saturated carbocycles. The van der Waals surface area contributed by atoms with Gasteiger partial charge in [-0.2, -0.15) is 0 Å². The fourth-order valence-corrected chi connectivity index (χ4v) is 3.52. The van der Waals surface area contributed by atoms with Crippen LogP contribution in [0.25, 0.3) is 0 Å². The molecule has 0 amide bonds. The summed E-state index contributed by atoms with van der Waals surface area (Å²) in [5.74, 6) is -2.03. The maximum atomic E-state index is 13.5. The standard InChI is InChI=1S/C10H13BrF2N2O2S/c1-10(2,14)5-15-18(16,17)9-7(11)3-6(12)4-8(9)13/h3-4,15H,5,14H2,1-2H3. The highest BCUT2D eigenvalue weighted by atomic mass is 79.9. The summed E-state index contributed by atoms with van der Waals surface area (Å²) in [6.45, 7) is 3.16. The molecule has 0 aliphatic carbocycles. The minimum atomic E-state index is -4.09. The predicted molar refractivity (Wildman–Crippen MR) is 67.5 cm³/mol. The van der Waals surface area contributed by atoms with Crippen molar-refractivity contribution in [2.24, 2.45) is 5.73 Å². The number of nitrogens with two attached hydrogens (primary N) is 1. The zero-order valence-electron chi connectivity index (χ0n) is 9.80. The molecular formula is C10H13BrF2N2O2S. The monoisotopic (exact) mass is 342 g/mol. The van der Waals surface area contributed by atoms with Gasteiger partial charge in [0.15, 0.2) is 0 Å². The molecule has 1 aromatic carbocycles. The second kappa shape index (κ2) is 5.20. The molecule has 0 spiro atoms. The van der Waals surface area contributed by atoms with Gasteiger partial charge in [-0.15, -0.1) is 0 Å². The van der Waals surface area contributed by atoms with Gasteiger partial charge in [-0.1, -0.05) is 0 Å². The molecule has 0 unspecified atom stereocenters. The molecule has 4 nitrogen and oxygen atoms in total. The number of sulfonamides is 1. The fraction of sp³-hybridized carbons (Fsp3) is 0.400. The van der Waals surface area contributed by atoms with Crippen molar-refractivity contribution in [3.63, 3.8) is 0 Å². The van der Waals surface area contributed by atoms with E-state index in [1.54, 1.807) is 13.8 Å². The SMILES string of the molecule is CC(C)(N)CNS(=O)(=O)c1c(F)cc(F)cc1Br. The molecule has 102 valence electrons. The lowest BCUT2D eigenvalue weighted by Gasteiger charge is -2.19. The zero-order valence-corrected chi connectivity index (χ0v) is 12.2. The van der Waals surface area contributed by atoms with Gasteiger partial charge in [0.25, 0.3) is 0 Å². The summed E-state index contributed by atoms with van der Waals surface area (Å²) in [7, 11) is -4.09. The predicted octanol–water partition coefficient (Wildman–Crippen LogP) is 1.74. The number of benzene rings is 1. The molecule has 0 aliphatic rings. The van der Waals surface area contributed by atoms with Crippen molar-refractivity contribution in [2.45, 2.75) is 24.3 Å². The molecule has 8 heteroatoms. The van der Waals surface area contributed by atoms with Crippen LogP contribution in [-0.4, -0.2) is 20.5 Å². The van der Waals surface area contributed by atoms with E-state index in [9.17, 15) is 17.2 Å². The summed E-state index contributed by atoms with van der Waals surface area (Å²) >= 11 is 2.82. The Labute approximate surface area is 113 Å². The van der Waals surface area contributed by atoms with Gasteiger partial charge in [0.05, 0.1) is 0 Å². The van der Waals surface area contributed by atoms with Crippen molar-refractivity contribution in [1.29, 1.82) is 0 Å². The molecule has 0 atom stereocenters. The van der Waals surface area contributed by atoms with Gasteiger partial charge in [-0.3, -0.25) is 0 Å². The van der Waals surface area contributed by atoms with Crippen LogP contribution in [0.15, 0.2) is 21.5 Å². The molecule has 0 aromatic heterocycles. The van der Waals surface area contributed by atoms with E-state index >= 15 is 0 Å². The van der Waals surface area contributed by atoms with E-state index in [1.807, 2.05) is 0 Å². The molecule has 0 bridgehead atoms. The third-order valence-electron chi connectivity index (χ3n) is 1.95. The van der Waals surface area contributed by atoms with Crippen LogP contribution in [-0.2, 0) is 10.0 Å². The normalized spacial score (nSPS) is 12.8. The van der Waals surface area contributed by atoms with Gasteiger partial charge < -0.3 is 5.73 Å². The van der Waals surface area contributed by atoms with Crippen molar-refractivity contribution < 1.29 is 17.2 Å². The maximum Gasteiger partial charge on any atom is 0.244 e. The maximum absolute atomic E-state index is 13.5. The van der Waals surface area contributed by atoms with Gasteiger partial charge in [0, 0.05) is 22.6 Å². The fourth-order valence-electron chi connectivity index (χ4n) is 1.14. The first-order chi connectivity index (χ1) is 8.03. The molecule has 0 aliphatic heterocycles. The highest BCUT2D eigenvalue weighted by Gasteiger charge is 2.25. The van der Waals surface area contributed by atoms with Crippen molar-refractivity contribution in [2.75, 3.05) is 6.54 Å². The van der Waals surface area contributed by atoms with Crippen molar-refractivity contribution in [3.05, 3.63) is 28.2 Å². The van der Waals surface area contributed by atoms with Crippen LogP contribution in [0.3, 0.4) is 0 Å². The number of hydrogen-bond acceptors (Lipinski definition) is 3. The summed E-state index contributed by atoms with van der Waals surface area (Å²) < 4.78 is 52.1. The highest BCUT2D eigenvalue weighted by Crippen LogP contribution is 2.26. The summed E-state index contributed by atoms with van der Waals surface area (Å²) in [5.41, 5.74) is 4.85. The molecule has 0 radical (unpaired) electrons. The quantitative estimate of drug-likeness (QED) is 0.875. The van der Waals surface area contributed by atoms with Gasteiger partial charge in [-0.25, -0.2) is 21.9 Å². The molecule has 18 heavy (non-hydrogen) atoms. The minimum Gasteiger partial charge on any atom is -0.324 e. The Balaban J connectivity index is 3.14. The smallest absolute Gasteiger partial charge is 0.244 e. The van der Waals surface area contributed by atoms with Crippen LogP contribution in [0, 0.1) is 11.6 Å². The Morgan fingerprint density at radius 2 is 1.94 bits per heavy atom. The summed E-state index contributed by atoms with van der Waals surface area (Å²) in [6.07, 6.45) is 0.